The highest BCUT2D eigenvalue weighted by Crippen LogP contribution is 2.39. The number of allylic oxidation sites excluding steroid dienone is 1. The van der Waals surface area contributed by atoms with Crippen LogP contribution in [0.1, 0.15) is 31.4 Å². The van der Waals surface area contributed by atoms with E-state index < -0.39 is 12.0 Å². The summed E-state index contributed by atoms with van der Waals surface area (Å²) in [6, 6.07) is 7.08. The molecule has 8 nitrogen and oxygen atoms in total. The first-order chi connectivity index (χ1) is 13.2. The fourth-order valence-corrected chi connectivity index (χ4v) is 3.56. The van der Waals surface area contributed by atoms with Crippen molar-refractivity contribution in [2.24, 2.45) is 0 Å². The van der Waals surface area contributed by atoms with Gasteiger partial charge in [-0.25, -0.2) is 9.48 Å². The van der Waals surface area contributed by atoms with E-state index in [1.54, 1.807) is 11.8 Å². The average molecular weight is 370 g/mol. The Morgan fingerprint density at radius 2 is 2.26 bits per heavy atom. The van der Waals surface area contributed by atoms with Gasteiger partial charge in [0.1, 0.15) is 24.7 Å². The van der Waals surface area contributed by atoms with Gasteiger partial charge in [0.05, 0.1) is 18.8 Å². The summed E-state index contributed by atoms with van der Waals surface area (Å²) >= 11 is 0. The van der Waals surface area contributed by atoms with E-state index in [9.17, 15) is 4.79 Å². The predicted octanol–water partition coefficient (Wildman–Crippen LogP) is 2.30. The van der Waals surface area contributed by atoms with E-state index in [4.69, 9.17) is 14.2 Å². The second-order valence-electron chi connectivity index (χ2n) is 6.57. The quantitative estimate of drug-likeness (QED) is 0.808. The zero-order chi connectivity index (χ0) is 18.8. The van der Waals surface area contributed by atoms with Crippen molar-refractivity contribution in [2.75, 3.05) is 25.6 Å². The minimum absolute atomic E-state index is 0.0296. The van der Waals surface area contributed by atoms with Gasteiger partial charge in [-0.05, 0) is 25.8 Å². The number of anilines is 1. The molecule has 0 bridgehead atoms. The van der Waals surface area contributed by atoms with Crippen molar-refractivity contribution < 1.29 is 19.0 Å². The van der Waals surface area contributed by atoms with Crippen molar-refractivity contribution in [3.8, 4) is 5.75 Å². The fourth-order valence-electron chi connectivity index (χ4n) is 3.56. The van der Waals surface area contributed by atoms with E-state index in [-0.39, 0.29) is 12.7 Å². The molecule has 1 N–H and O–H groups in total. The van der Waals surface area contributed by atoms with Gasteiger partial charge in [-0.15, -0.1) is 0 Å². The van der Waals surface area contributed by atoms with Crippen LogP contribution in [-0.4, -0.2) is 47.2 Å². The average Bonchev–Trinajstić information content (AvgIpc) is 3.36. The number of carbonyl (C=O) groups is 1. The summed E-state index contributed by atoms with van der Waals surface area (Å²) < 4.78 is 18.3. The lowest BCUT2D eigenvalue weighted by molar-refractivity contribution is -0.142. The fraction of sp³-hybridized carbons (Fsp3) is 0.421. The molecular formula is C19H22N4O4. The number of nitrogens with one attached hydrogen (secondary N) is 1. The summed E-state index contributed by atoms with van der Waals surface area (Å²) in [5, 5.41) is 7.45. The predicted molar refractivity (Wildman–Crippen MR) is 97.4 cm³/mol. The van der Waals surface area contributed by atoms with Gasteiger partial charge in [-0.1, -0.05) is 18.2 Å². The number of aromatic nitrogens is 3. The van der Waals surface area contributed by atoms with Crippen LogP contribution in [0.4, 0.5) is 5.95 Å². The first-order valence-corrected chi connectivity index (χ1v) is 8.98. The highest BCUT2D eigenvalue weighted by Gasteiger charge is 2.36. The van der Waals surface area contributed by atoms with Crippen LogP contribution in [0.2, 0.25) is 0 Å². The van der Waals surface area contributed by atoms with Gasteiger partial charge >= 0.3 is 5.97 Å². The minimum Gasteiger partial charge on any atom is -0.496 e. The lowest BCUT2D eigenvalue weighted by atomic mass is 9.95. The molecule has 0 unspecified atom stereocenters. The molecule has 2 aliphatic rings. The standard InChI is InChI=1S/C19H22N4O4/c1-12-16(18(24)27-10-13-6-5-9-26-13)17(23-19(22-12)20-11-21-23)14-7-3-4-8-15(14)25-2/h3-4,7-8,11,13,17H,5-6,9-10H2,1-2H3,(H,20,21,22)/t13-,17+/m1/s1. The van der Waals surface area contributed by atoms with Gasteiger partial charge in [0, 0.05) is 17.9 Å². The first-order valence-electron chi connectivity index (χ1n) is 8.98. The number of ether oxygens (including phenoxy) is 3. The summed E-state index contributed by atoms with van der Waals surface area (Å²) in [4.78, 5) is 17.2. The Balaban J connectivity index is 1.69. The molecule has 1 fully saturated rings. The number of esters is 1. The molecule has 3 heterocycles. The smallest absolute Gasteiger partial charge is 0.338 e. The van der Waals surface area contributed by atoms with Gasteiger partial charge in [0.15, 0.2) is 0 Å². The zero-order valence-corrected chi connectivity index (χ0v) is 15.3. The highest BCUT2D eigenvalue weighted by atomic mass is 16.6. The normalized spacial score (nSPS) is 21.6. The molecule has 1 aromatic carbocycles. The lowest BCUT2D eigenvalue weighted by Gasteiger charge is -2.29. The van der Waals surface area contributed by atoms with Crippen LogP contribution in [0.15, 0.2) is 41.9 Å². The minimum atomic E-state index is -0.489. The number of carbonyl (C=O) groups excluding carboxylic acids is 1. The Morgan fingerprint density at radius 1 is 1.41 bits per heavy atom. The Bertz CT molecular complexity index is 870. The third-order valence-corrected chi connectivity index (χ3v) is 4.87. The molecule has 0 spiro atoms. The molecule has 27 heavy (non-hydrogen) atoms. The third-order valence-electron chi connectivity index (χ3n) is 4.87. The van der Waals surface area contributed by atoms with Crippen molar-refractivity contribution in [2.45, 2.75) is 31.9 Å². The van der Waals surface area contributed by atoms with E-state index in [0.29, 0.717) is 23.0 Å². The Hall–Kier alpha value is -2.87. The first kappa shape index (κ1) is 17.5. The number of hydrogen-bond acceptors (Lipinski definition) is 7. The van der Waals surface area contributed by atoms with Crippen LogP contribution in [0.3, 0.4) is 0 Å². The summed E-state index contributed by atoms with van der Waals surface area (Å²) in [7, 11) is 1.61. The van der Waals surface area contributed by atoms with Crippen LogP contribution in [0.5, 0.6) is 5.75 Å². The highest BCUT2D eigenvalue weighted by molar-refractivity contribution is 5.92. The number of methoxy groups -OCH3 is 1. The summed E-state index contributed by atoms with van der Waals surface area (Å²) in [5.41, 5.74) is 1.98. The molecular weight excluding hydrogens is 348 g/mol. The van der Waals surface area contributed by atoms with Crippen molar-refractivity contribution in [1.82, 2.24) is 14.8 Å². The summed E-state index contributed by atoms with van der Waals surface area (Å²) in [6.07, 6.45) is 3.33. The number of para-hydroxylation sites is 1. The van der Waals surface area contributed by atoms with E-state index in [1.807, 2.05) is 31.2 Å². The number of rotatable bonds is 5. The second kappa shape index (κ2) is 7.40. The maximum atomic E-state index is 13.0. The molecule has 142 valence electrons. The van der Waals surface area contributed by atoms with Crippen molar-refractivity contribution in [3.63, 3.8) is 0 Å². The SMILES string of the molecule is COc1ccccc1[C@H]1C(C(=O)OC[C@H]2CCCO2)=C(C)Nc2ncnn21. The second-order valence-corrected chi connectivity index (χ2v) is 6.57. The maximum Gasteiger partial charge on any atom is 0.338 e. The number of benzene rings is 1. The molecule has 2 atom stereocenters. The topological polar surface area (TPSA) is 87.5 Å². The van der Waals surface area contributed by atoms with E-state index in [0.717, 1.165) is 25.0 Å². The van der Waals surface area contributed by atoms with Gasteiger partial charge in [0.25, 0.3) is 0 Å². The van der Waals surface area contributed by atoms with Crippen molar-refractivity contribution in [3.05, 3.63) is 47.4 Å². The number of nitrogens with zero attached hydrogens (tertiary/aromatic N) is 3. The number of hydrogen-bond donors (Lipinski definition) is 1. The maximum absolute atomic E-state index is 13.0. The van der Waals surface area contributed by atoms with Gasteiger partial charge in [-0.3, -0.25) is 0 Å². The Kier molecular flexibility index (Phi) is 4.81. The van der Waals surface area contributed by atoms with Crippen molar-refractivity contribution >= 4 is 11.9 Å². The van der Waals surface area contributed by atoms with Crippen molar-refractivity contribution in [1.29, 1.82) is 0 Å². The van der Waals surface area contributed by atoms with E-state index >= 15 is 0 Å². The van der Waals surface area contributed by atoms with Gasteiger partial charge in [0.2, 0.25) is 5.95 Å². The molecule has 0 amide bonds. The molecule has 0 aliphatic carbocycles. The van der Waals surface area contributed by atoms with Crippen LogP contribution in [0.25, 0.3) is 0 Å². The van der Waals surface area contributed by atoms with Crippen LogP contribution in [0, 0.1) is 0 Å². The van der Waals surface area contributed by atoms with E-state index in [1.165, 1.54) is 6.33 Å². The van der Waals surface area contributed by atoms with Crippen LogP contribution < -0.4 is 10.1 Å². The van der Waals surface area contributed by atoms with Crippen LogP contribution in [-0.2, 0) is 14.3 Å². The Labute approximate surface area is 157 Å². The monoisotopic (exact) mass is 370 g/mol. The van der Waals surface area contributed by atoms with Gasteiger partial charge < -0.3 is 19.5 Å². The Morgan fingerprint density at radius 3 is 3.04 bits per heavy atom. The van der Waals surface area contributed by atoms with Gasteiger partial charge in [-0.2, -0.15) is 10.1 Å². The molecule has 2 aromatic rings. The summed E-state index contributed by atoms with van der Waals surface area (Å²) in [5.74, 6) is 0.842. The zero-order valence-electron chi connectivity index (χ0n) is 15.3. The lowest BCUT2D eigenvalue weighted by Crippen LogP contribution is -2.31. The molecule has 4 rings (SSSR count). The molecule has 1 aromatic heterocycles. The molecule has 2 aliphatic heterocycles. The van der Waals surface area contributed by atoms with Crippen LogP contribution >= 0.6 is 0 Å². The third kappa shape index (κ3) is 3.28. The summed E-state index contributed by atoms with van der Waals surface area (Å²) in [6.45, 7) is 2.80. The molecule has 0 saturated carbocycles. The van der Waals surface area contributed by atoms with E-state index in [2.05, 4.69) is 15.4 Å². The molecule has 8 heteroatoms. The largest absolute Gasteiger partial charge is 0.496 e. The molecule has 1 saturated heterocycles. The number of fused-ring (bicyclic) bond motifs is 1. The molecule has 0 radical (unpaired) electrons.